The molecule has 0 bridgehead atoms. The summed E-state index contributed by atoms with van der Waals surface area (Å²) in [6.45, 7) is 0. The number of hydrogen-bond donors (Lipinski definition) is 2. The standard InChI is InChI=1S/C13H12N2O3S/c16-12(11-7-19-8-14-11)15-10(13(17)18)6-9-4-2-1-3-5-9/h1-5,7-8,10H,6H2,(H,15,16)(H,17,18). The van der Waals surface area contributed by atoms with Crippen LogP contribution in [0.25, 0.3) is 0 Å². The highest BCUT2D eigenvalue weighted by atomic mass is 32.1. The fourth-order valence-corrected chi connectivity index (χ4v) is 2.14. The number of nitrogens with zero attached hydrogens (tertiary/aromatic N) is 1. The molecule has 2 rings (SSSR count). The molecular formula is C13H12N2O3S. The molecule has 0 spiro atoms. The minimum Gasteiger partial charge on any atom is -0.480 e. The minimum atomic E-state index is -1.06. The van der Waals surface area contributed by atoms with E-state index >= 15 is 0 Å². The lowest BCUT2D eigenvalue weighted by Crippen LogP contribution is -2.42. The van der Waals surface area contributed by atoms with E-state index in [1.165, 1.54) is 16.8 Å². The molecule has 2 aromatic rings. The Bertz CT molecular complexity index is 555. The lowest BCUT2D eigenvalue weighted by atomic mass is 10.1. The molecule has 98 valence electrons. The highest BCUT2D eigenvalue weighted by Gasteiger charge is 2.21. The maximum atomic E-state index is 11.8. The van der Waals surface area contributed by atoms with Gasteiger partial charge in [-0.05, 0) is 5.56 Å². The van der Waals surface area contributed by atoms with Gasteiger partial charge in [0.25, 0.3) is 5.91 Å². The summed E-state index contributed by atoms with van der Waals surface area (Å²) in [7, 11) is 0. The van der Waals surface area contributed by atoms with Crippen LogP contribution in [-0.2, 0) is 11.2 Å². The smallest absolute Gasteiger partial charge is 0.326 e. The lowest BCUT2D eigenvalue weighted by molar-refractivity contribution is -0.139. The fraction of sp³-hybridized carbons (Fsp3) is 0.154. The number of carboxylic acid groups (broad SMARTS) is 1. The number of rotatable bonds is 5. The van der Waals surface area contributed by atoms with E-state index in [0.717, 1.165) is 5.56 Å². The van der Waals surface area contributed by atoms with Crippen LogP contribution in [0.15, 0.2) is 41.2 Å². The van der Waals surface area contributed by atoms with Crippen molar-refractivity contribution in [2.24, 2.45) is 0 Å². The van der Waals surface area contributed by atoms with Crippen LogP contribution in [0.2, 0.25) is 0 Å². The number of amides is 1. The Balaban J connectivity index is 2.05. The first-order valence-electron chi connectivity index (χ1n) is 5.62. The van der Waals surface area contributed by atoms with Gasteiger partial charge in [0.2, 0.25) is 0 Å². The second-order valence-corrected chi connectivity index (χ2v) is 4.65. The summed E-state index contributed by atoms with van der Waals surface area (Å²) in [6, 6.07) is 8.20. The molecule has 1 aromatic carbocycles. The zero-order valence-corrected chi connectivity index (χ0v) is 10.8. The van der Waals surface area contributed by atoms with E-state index in [9.17, 15) is 9.59 Å². The fourth-order valence-electron chi connectivity index (χ4n) is 1.61. The number of benzene rings is 1. The van der Waals surface area contributed by atoms with Gasteiger partial charge in [-0.1, -0.05) is 30.3 Å². The molecule has 2 N–H and O–H groups in total. The van der Waals surface area contributed by atoms with Crippen LogP contribution in [0.3, 0.4) is 0 Å². The van der Waals surface area contributed by atoms with E-state index in [4.69, 9.17) is 5.11 Å². The molecule has 1 unspecified atom stereocenters. The highest BCUT2D eigenvalue weighted by molar-refractivity contribution is 7.07. The monoisotopic (exact) mass is 276 g/mol. The molecule has 1 aromatic heterocycles. The van der Waals surface area contributed by atoms with Crippen molar-refractivity contribution in [3.63, 3.8) is 0 Å². The third kappa shape index (κ3) is 3.62. The maximum absolute atomic E-state index is 11.8. The average Bonchev–Trinajstić information content (AvgIpc) is 2.93. The Hall–Kier alpha value is -2.21. The highest BCUT2D eigenvalue weighted by Crippen LogP contribution is 2.06. The summed E-state index contributed by atoms with van der Waals surface area (Å²) in [5.41, 5.74) is 2.62. The molecule has 5 nitrogen and oxygen atoms in total. The molecule has 6 heteroatoms. The van der Waals surface area contributed by atoms with Crippen molar-refractivity contribution in [1.29, 1.82) is 0 Å². The van der Waals surface area contributed by atoms with Crippen molar-refractivity contribution < 1.29 is 14.7 Å². The molecular weight excluding hydrogens is 264 g/mol. The predicted molar refractivity (Wildman–Crippen MR) is 71.2 cm³/mol. The second-order valence-electron chi connectivity index (χ2n) is 3.93. The number of aromatic nitrogens is 1. The summed E-state index contributed by atoms with van der Waals surface area (Å²) in [6.07, 6.45) is 0.242. The van der Waals surface area contributed by atoms with Crippen LogP contribution >= 0.6 is 11.3 Å². The van der Waals surface area contributed by atoms with Crippen molar-refractivity contribution in [3.05, 3.63) is 52.5 Å². The quantitative estimate of drug-likeness (QED) is 0.868. The predicted octanol–water partition coefficient (Wildman–Crippen LogP) is 1.57. The third-order valence-corrected chi connectivity index (χ3v) is 3.14. The molecule has 0 aliphatic heterocycles. The van der Waals surface area contributed by atoms with Gasteiger partial charge in [-0.25, -0.2) is 9.78 Å². The van der Waals surface area contributed by atoms with Gasteiger partial charge in [0, 0.05) is 11.8 Å². The number of carbonyl (C=O) groups excluding carboxylic acids is 1. The van der Waals surface area contributed by atoms with Crippen molar-refractivity contribution in [1.82, 2.24) is 10.3 Å². The molecule has 0 radical (unpaired) electrons. The SMILES string of the molecule is O=C(NC(Cc1ccccc1)C(=O)O)c1cscn1. The summed E-state index contributed by atoms with van der Waals surface area (Å²) >= 11 is 1.29. The van der Waals surface area contributed by atoms with Gasteiger partial charge in [-0.15, -0.1) is 11.3 Å². The van der Waals surface area contributed by atoms with E-state index < -0.39 is 17.9 Å². The Labute approximate surface area is 113 Å². The number of carbonyl (C=O) groups is 2. The van der Waals surface area contributed by atoms with Crippen LogP contribution in [0.4, 0.5) is 0 Å². The molecule has 1 heterocycles. The normalized spacial score (nSPS) is 11.8. The van der Waals surface area contributed by atoms with Gasteiger partial charge < -0.3 is 10.4 Å². The van der Waals surface area contributed by atoms with E-state index in [1.807, 2.05) is 30.3 Å². The molecule has 19 heavy (non-hydrogen) atoms. The van der Waals surface area contributed by atoms with Crippen LogP contribution in [0, 0.1) is 0 Å². The molecule has 0 saturated carbocycles. The van der Waals surface area contributed by atoms with Crippen LogP contribution < -0.4 is 5.32 Å². The molecule has 0 fully saturated rings. The summed E-state index contributed by atoms with van der Waals surface area (Å²) in [5, 5.41) is 13.2. The van der Waals surface area contributed by atoms with Crippen molar-refractivity contribution >= 4 is 23.2 Å². The van der Waals surface area contributed by atoms with Crippen LogP contribution in [0.5, 0.6) is 0 Å². The summed E-state index contributed by atoms with van der Waals surface area (Å²) in [5.74, 6) is -1.53. The van der Waals surface area contributed by atoms with Gasteiger partial charge in [0.05, 0.1) is 5.51 Å². The van der Waals surface area contributed by atoms with Gasteiger partial charge >= 0.3 is 5.97 Å². The Morgan fingerprint density at radius 1 is 1.32 bits per heavy atom. The first-order valence-corrected chi connectivity index (χ1v) is 6.57. The van der Waals surface area contributed by atoms with Gasteiger partial charge in [-0.3, -0.25) is 4.79 Å². The van der Waals surface area contributed by atoms with E-state index in [-0.39, 0.29) is 12.1 Å². The zero-order valence-electron chi connectivity index (χ0n) is 9.95. The average molecular weight is 276 g/mol. The largest absolute Gasteiger partial charge is 0.480 e. The zero-order chi connectivity index (χ0) is 13.7. The Kier molecular flexibility index (Phi) is 4.25. The van der Waals surface area contributed by atoms with E-state index in [2.05, 4.69) is 10.3 Å². The minimum absolute atomic E-state index is 0.240. The van der Waals surface area contributed by atoms with Crippen molar-refractivity contribution in [3.8, 4) is 0 Å². The summed E-state index contributed by atoms with van der Waals surface area (Å²) < 4.78 is 0. The molecule has 1 atom stereocenters. The van der Waals surface area contributed by atoms with E-state index in [1.54, 1.807) is 5.38 Å². The molecule has 0 aliphatic carbocycles. The maximum Gasteiger partial charge on any atom is 0.326 e. The number of hydrogen-bond acceptors (Lipinski definition) is 4. The van der Waals surface area contributed by atoms with E-state index in [0.29, 0.717) is 0 Å². The van der Waals surface area contributed by atoms with Crippen molar-refractivity contribution in [2.45, 2.75) is 12.5 Å². The number of carboxylic acids is 1. The van der Waals surface area contributed by atoms with Crippen LogP contribution in [0.1, 0.15) is 16.1 Å². The van der Waals surface area contributed by atoms with Gasteiger partial charge in [0.15, 0.2) is 0 Å². The number of nitrogens with one attached hydrogen (secondary N) is 1. The second kappa shape index (κ2) is 6.10. The molecule has 0 saturated heterocycles. The Morgan fingerprint density at radius 3 is 2.63 bits per heavy atom. The first-order chi connectivity index (χ1) is 9.16. The van der Waals surface area contributed by atoms with Gasteiger partial charge in [0.1, 0.15) is 11.7 Å². The Morgan fingerprint density at radius 2 is 2.05 bits per heavy atom. The molecule has 0 aliphatic rings. The third-order valence-electron chi connectivity index (χ3n) is 2.55. The number of thiazole rings is 1. The summed E-state index contributed by atoms with van der Waals surface area (Å²) in [4.78, 5) is 26.8. The number of aliphatic carboxylic acids is 1. The van der Waals surface area contributed by atoms with Crippen molar-refractivity contribution in [2.75, 3.05) is 0 Å². The topological polar surface area (TPSA) is 79.3 Å². The van der Waals surface area contributed by atoms with Crippen LogP contribution in [-0.4, -0.2) is 28.0 Å². The lowest BCUT2D eigenvalue weighted by Gasteiger charge is -2.13. The van der Waals surface area contributed by atoms with Gasteiger partial charge in [-0.2, -0.15) is 0 Å². The molecule has 1 amide bonds. The first kappa shape index (κ1) is 13.2.